The van der Waals surface area contributed by atoms with Crippen LogP contribution in [-0.4, -0.2) is 49.6 Å². The number of carbonyl (C=O) groups excluding carboxylic acids is 1. The maximum Gasteiger partial charge on any atom is 0.190 e. The molecule has 0 radical (unpaired) electrons. The van der Waals surface area contributed by atoms with Gasteiger partial charge in [-0.1, -0.05) is 13.0 Å². The van der Waals surface area contributed by atoms with Crippen molar-refractivity contribution in [3.63, 3.8) is 0 Å². The van der Waals surface area contributed by atoms with E-state index < -0.39 is 17.4 Å². The van der Waals surface area contributed by atoms with Gasteiger partial charge < -0.3 is 13.9 Å². The van der Waals surface area contributed by atoms with Gasteiger partial charge >= 0.3 is 0 Å². The Bertz CT molecular complexity index is 797. The van der Waals surface area contributed by atoms with E-state index in [9.17, 15) is 13.6 Å². The second kappa shape index (κ2) is 9.61. The molecule has 2 heterocycles. The third-order valence-electron chi connectivity index (χ3n) is 4.47. The average Bonchev–Trinajstić information content (AvgIpc) is 3.20. The van der Waals surface area contributed by atoms with E-state index in [4.69, 9.17) is 13.9 Å². The summed E-state index contributed by atoms with van der Waals surface area (Å²) >= 11 is 0. The molecule has 1 saturated heterocycles. The number of rotatable bonds is 8. The van der Waals surface area contributed by atoms with E-state index in [2.05, 4.69) is 4.90 Å². The van der Waals surface area contributed by atoms with Gasteiger partial charge in [-0.3, -0.25) is 9.69 Å². The maximum absolute atomic E-state index is 14.2. The Morgan fingerprint density at radius 3 is 2.82 bits per heavy atom. The molecule has 0 N–H and O–H groups in total. The highest BCUT2D eigenvalue weighted by molar-refractivity contribution is 5.96. The molecule has 1 aromatic carbocycles. The molecule has 1 aromatic heterocycles. The van der Waals surface area contributed by atoms with Gasteiger partial charge in [-0.05, 0) is 30.3 Å². The van der Waals surface area contributed by atoms with Crippen molar-refractivity contribution in [2.24, 2.45) is 0 Å². The Kier molecular flexibility index (Phi) is 6.95. The van der Waals surface area contributed by atoms with Crippen LogP contribution in [0.3, 0.4) is 0 Å². The number of hydrogen-bond acceptors (Lipinski definition) is 5. The minimum atomic E-state index is -0.883. The van der Waals surface area contributed by atoms with E-state index in [1.807, 2.05) is 24.3 Å². The zero-order valence-corrected chi connectivity index (χ0v) is 15.7. The summed E-state index contributed by atoms with van der Waals surface area (Å²) in [5.41, 5.74) is 0.00767. The van der Waals surface area contributed by atoms with Crippen LogP contribution < -0.4 is 4.74 Å². The van der Waals surface area contributed by atoms with Gasteiger partial charge in [-0.25, -0.2) is 8.78 Å². The standard InChI is InChI=1S/C21H23F2NO4/c1-2-20(25)15-11-18(22)21(19(23)12-15)28-14-17-13-24(8-10-27-17)7-3-5-16-6-4-9-26-16/h3-6,9,11-12,17H,2,7-8,10,13-14H2,1H3. The fourth-order valence-corrected chi connectivity index (χ4v) is 2.99. The lowest BCUT2D eigenvalue weighted by atomic mass is 10.1. The molecule has 28 heavy (non-hydrogen) atoms. The molecule has 1 fully saturated rings. The molecule has 1 aliphatic heterocycles. The van der Waals surface area contributed by atoms with Crippen LogP contribution in [0.15, 0.2) is 41.0 Å². The lowest BCUT2D eigenvalue weighted by Crippen LogP contribution is -2.44. The number of Topliss-reactive ketones (excluding diaryl/α,β-unsaturated/α-hetero) is 1. The first-order chi connectivity index (χ1) is 13.6. The maximum atomic E-state index is 14.2. The quantitative estimate of drug-likeness (QED) is 0.638. The van der Waals surface area contributed by atoms with E-state index in [-0.39, 0.29) is 30.5 Å². The minimum absolute atomic E-state index is 0.00767. The normalized spacial score (nSPS) is 17.9. The van der Waals surface area contributed by atoms with E-state index in [1.165, 1.54) is 0 Å². The molecule has 0 aliphatic carbocycles. The molecule has 0 bridgehead atoms. The number of benzene rings is 1. The molecular weight excluding hydrogens is 368 g/mol. The van der Waals surface area contributed by atoms with Gasteiger partial charge in [0.05, 0.1) is 12.9 Å². The highest BCUT2D eigenvalue weighted by Crippen LogP contribution is 2.24. The van der Waals surface area contributed by atoms with Gasteiger partial charge in [0, 0.05) is 31.6 Å². The first-order valence-electron chi connectivity index (χ1n) is 9.26. The second-order valence-electron chi connectivity index (χ2n) is 6.53. The van der Waals surface area contributed by atoms with E-state index in [1.54, 1.807) is 13.2 Å². The zero-order valence-electron chi connectivity index (χ0n) is 15.7. The molecule has 0 spiro atoms. The molecule has 7 heteroatoms. The molecule has 1 aliphatic rings. The highest BCUT2D eigenvalue weighted by atomic mass is 19.1. The summed E-state index contributed by atoms with van der Waals surface area (Å²) in [5.74, 6) is -1.79. The Balaban J connectivity index is 1.53. The predicted octanol–water partition coefficient (Wildman–Crippen LogP) is 3.94. The lowest BCUT2D eigenvalue weighted by molar-refractivity contribution is -0.0455. The first-order valence-corrected chi connectivity index (χ1v) is 9.26. The van der Waals surface area contributed by atoms with Crippen LogP contribution in [0.5, 0.6) is 5.75 Å². The van der Waals surface area contributed by atoms with Gasteiger partial charge in [0.15, 0.2) is 23.2 Å². The van der Waals surface area contributed by atoms with Crippen LogP contribution >= 0.6 is 0 Å². The van der Waals surface area contributed by atoms with Gasteiger partial charge in [0.25, 0.3) is 0 Å². The SMILES string of the molecule is CCC(=O)c1cc(F)c(OCC2CN(CC=Cc3ccco3)CCO2)c(F)c1. The summed E-state index contributed by atoms with van der Waals surface area (Å²) in [6.07, 6.45) is 5.38. The van der Waals surface area contributed by atoms with Crippen LogP contribution in [0.4, 0.5) is 8.78 Å². The molecule has 0 saturated carbocycles. The van der Waals surface area contributed by atoms with Crippen LogP contribution in [-0.2, 0) is 4.74 Å². The fraction of sp³-hybridized carbons (Fsp3) is 0.381. The largest absolute Gasteiger partial charge is 0.485 e. The van der Waals surface area contributed by atoms with Gasteiger partial charge in [0.1, 0.15) is 18.5 Å². The van der Waals surface area contributed by atoms with Crippen LogP contribution in [0.2, 0.25) is 0 Å². The Morgan fingerprint density at radius 1 is 1.36 bits per heavy atom. The number of morpholine rings is 1. The zero-order chi connectivity index (χ0) is 19.9. The van der Waals surface area contributed by atoms with Gasteiger partial charge in [0.2, 0.25) is 0 Å². The number of ketones is 1. The van der Waals surface area contributed by atoms with Crippen molar-refractivity contribution >= 4 is 11.9 Å². The summed E-state index contributed by atoms with van der Waals surface area (Å²) in [5, 5.41) is 0. The van der Waals surface area contributed by atoms with E-state index >= 15 is 0 Å². The highest BCUT2D eigenvalue weighted by Gasteiger charge is 2.22. The number of hydrogen-bond donors (Lipinski definition) is 0. The first kappa shape index (κ1) is 20.2. The second-order valence-corrected chi connectivity index (χ2v) is 6.53. The molecular formula is C21H23F2NO4. The molecule has 2 aromatic rings. The third-order valence-corrected chi connectivity index (χ3v) is 4.47. The fourth-order valence-electron chi connectivity index (χ4n) is 2.99. The summed E-state index contributed by atoms with van der Waals surface area (Å²) in [6, 6.07) is 5.72. The van der Waals surface area contributed by atoms with Crippen molar-refractivity contribution in [2.45, 2.75) is 19.4 Å². The number of ether oxygens (including phenoxy) is 2. The van der Waals surface area contributed by atoms with Crippen molar-refractivity contribution in [1.29, 1.82) is 0 Å². The molecule has 0 amide bonds. The molecule has 1 atom stereocenters. The molecule has 150 valence electrons. The number of carbonyl (C=O) groups is 1. The Morgan fingerprint density at radius 2 is 2.14 bits per heavy atom. The van der Waals surface area contributed by atoms with Crippen molar-refractivity contribution in [3.8, 4) is 5.75 Å². The van der Waals surface area contributed by atoms with Crippen LogP contribution in [0.25, 0.3) is 6.08 Å². The van der Waals surface area contributed by atoms with Crippen LogP contribution in [0.1, 0.15) is 29.5 Å². The van der Waals surface area contributed by atoms with Crippen molar-refractivity contribution in [1.82, 2.24) is 4.90 Å². The van der Waals surface area contributed by atoms with E-state index in [0.717, 1.165) is 24.4 Å². The summed E-state index contributed by atoms with van der Waals surface area (Å²) in [6.45, 7) is 4.22. The molecule has 1 unspecified atom stereocenters. The van der Waals surface area contributed by atoms with Crippen molar-refractivity contribution < 1.29 is 27.5 Å². The summed E-state index contributed by atoms with van der Waals surface area (Å²) in [7, 11) is 0. The van der Waals surface area contributed by atoms with Crippen LogP contribution in [0, 0.1) is 11.6 Å². The lowest BCUT2D eigenvalue weighted by Gasteiger charge is -2.32. The molecule has 5 nitrogen and oxygen atoms in total. The Hall–Kier alpha value is -2.51. The topological polar surface area (TPSA) is 51.9 Å². The van der Waals surface area contributed by atoms with Crippen molar-refractivity contribution in [2.75, 3.05) is 32.8 Å². The Labute approximate surface area is 162 Å². The number of halogens is 2. The van der Waals surface area contributed by atoms with Crippen molar-refractivity contribution in [3.05, 3.63) is 59.6 Å². The average molecular weight is 391 g/mol. The monoisotopic (exact) mass is 391 g/mol. The number of furan rings is 1. The van der Waals surface area contributed by atoms with E-state index in [0.29, 0.717) is 19.7 Å². The predicted molar refractivity (Wildman–Crippen MR) is 100 cm³/mol. The van der Waals surface area contributed by atoms with Gasteiger partial charge in [-0.15, -0.1) is 0 Å². The van der Waals surface area contributed by atoms with Gasteiger partial charge in [-0.2, -0.15) is 0 Å². The smallest absolute Gasteiger partial charge is 0.190 e. The third kappa shape index (κ3) is 5.27. The summed E-state index contributed by atoms with van der Waals surface area (Å²) < 4.78 is 44.5. The minimum Gasteiger partial charge on any atom is -0.485 e. The molecule has 3 rings (SSSR count). The number of nitrogens with zero attached hydrogens (tertiary/aromatic N) is 1. The summed E-state index contributed by atoms with van der Waals surface area (Å²) in [4.78, 5) is 13.8.